The minimum absolute atomic E-state index is 0.0723. The van der Waals surface area contributed by atoms with Gasteiger partial charge in [-0.15, -0.1) is 0 Å². The highest BCUT2D eigenvalue weighted by Gasteiger charge is 2.34. The summed E-state index contributed by atoms with van der Waals surface area (Å²) in [7, 11) is -0.389. The second-order valence-electron chi connectivity index (χ2n) is 6.68. The third-order valence-electron chi connectivity index (χ3n) is 4.62. The molecule has 27 heavy (non-hydrogen) atoms. The Balaban J connectivity index is 1.73. The molecule has 1 aliphatic heterocycles. The molecule has 0 saturated carbocycles. The Morgan fingerprint density at radius 2 is 2.15 bits per heavy atom. The summed E-state index contributed by atoms with van der Waals surface area (Å²) in [6.07, 6.45) is 3.14. The minimum atomic E-state index is -3.38. The fourth-order valence-electron chi connectivity index (χ4n) is 2.93. The summed E-state index contributed by atoms with van der Waals surface area (Å²) >= 11 is 0. The Hall–Kier alpha value is -2.30. The topological polar surface area (TPSA) is 106 Å². The smallest absolute Gasteiger partial charge is 0.255 e. The summed E-state index contributed by atoms with van der Waals surface area (Å²) in [5.74, 6) is -0.0601. The van der Waals surface area contributed by atoms with Crippen LogP contribution in [-0.2, 0) is 14.8 Å². The van der Waals surface area contributed by atoms with Gasteiger partial charge in [0.2, 0.25) is 10.0 Å². The van der Waals surface area contributed by atoms with Crippen molar-refractivity contribution in [2.24, 2.45) is 5.92 Å². The molecule has 2 aromatic heterocycles. The zero-order valence-electron chi connectivity index (χ0n) is 15.5. The van der Waals surface area contributed by atoms with Crippen molar-refractivity contribution in [1.82, 2.24) is 24.4 Å². The molecule has 146 valence electrons. The quantitative estimate of drug-likeness (QED) is 0.752. The molecule has 1 saturated heterocycles. The molecule has 9 nitrogen and oxygen atoms in total. The first-order valence-electron chi connectivity index (χ1n) is 8.54. The van der Waals surface area contributed by atoms with Crippen LogP contribution >= 0.6 is 0 Å². The average Bonchev–Trinajstić information content (AvgIpc) is 3.21. The van der Waals surface area contributed by atoms with E-state index in [2.05, 4.69) is 15.4 Å². The Labute approximate surface area is 158 Å². The van der Waals surface area contributed by atoms with Crippen molar-refractivity contribution >= 4 is 15.9 Å². The molecule has 0 spiro atoms. The number of nitrogens with one attached hydrogen (secondary N) is 1. The van der Waals surface area contributed by atoms with E-state index in [1.165, 1.54) is 24.6 Å². The van der Waals surface area contributed by atoms with Crippen LogP contribution in [0.5, 0.6) is 0 Å². The highest BCUT2D eigenvalue weighted by atomic mass is 32.2. The molecule has 2 atom stereocenters. The highest BCUT2D eigenvalue weighted by Crippen LogP contribution is 2.19. The standard InChI is InChI=1S/C17H23N5O4S/c1-12-14(8-19-22(12)16-6-4-5-7-18-16)17(23)20-15-10-26-9-13(15)11-27(24,25)21(2)3/h4-8,13,15H,9-11H2,1-3H3,(H,20,23)/t13-,15+/m0/s1. The van der Waals surface area contributed by atoms with Crippen LogP contribution in [0.25, 0.3) is 5.82 Å². The van der Waals surface area contributed by atoms with Gasteiger partial charge in [-0.2, -0.15) is 5.10 Å². The van der Waals surface area contributed by atoms with Gasteiger partial charge in [0.05, 0.1) is 42.5 Å². The number of hydrogen-bond acceptors (Lipinski definition) is 6. The van der Waals surface area contributed by atoms with Crippen molar-refractivity contribution in [2.45, 2.75) is 13.0 Å². The lowest BCUT2D eigenvalue weighted by molar-refractivity contribution is 0.0925. The number of sulfonamides is 1. The maximum Gasteiger partial charge on any atom is 0.255 e. The van der Waals surface area contributed by atoms with E-state index in [0.29, 0.717) is 23.7 Å². The van der Waals surface area contributed by atoms with Crippen molar-refractivity contribution in [1.29, 1.82) is 0 Å². The molecule has 0 bridgehead atoms. The Bertz CT molecular complexity index is 911. The molecule has 3 rings (SSSR count). The summed E-state index contributed by atoms with van der Waals surface area (Å²) in [5, 5.41) is 7.13. The van der Waals surface area contributed by atoms with Gasteiger partial charge in [-0.05, 0) is 19.1 Å². The number of ether oxygens (including phenoxy) is 1. The first kappa shape index (κ1) is 19.5. The monoisotopic (exact) mass is 393 g/mol. The molecule has 10 heteroatoms. The fraction of sp³-hybridized carbons (Fsp3) is 0.471. The van der Waals surface area contributed by atoms with Gasteiger partial charge in [0.1, 0.15) is 0 Å². The molecule has 0 unspecified atom stereocenters. The van der Waals surface area contributed by atoms with Crippen LogP contribution in [0.15, 0.2) is 30.6 Å². The second kappa shape index (κ2) is 7.75. The molecule has 0 aromatic carbocycles. The van der Waals surface area contributed by atoms with Crippen molar-refractivity contribution in [3.63, 3.8) is 0 Å². The normalized spacial score (nSPS) is 20.1. The number of carbonyl (C=O) groups excluding carboxylic acids is 1. The van der Waals surface area contributed by atoms with E-state index < -0.39 is 10.0 Å². The van der Waals surface area contributed by atoms with Crippen molar-refractivity contribution in [2.75, 3.05) is 33.1 Å². The SMILES string of the molecule is Cc1c(C(=O)N[C@@H]2COC[C@H]2CS(=O)(=O)N(C)C)cnn1-c1ccccn1. The van der Waals surface area contributed by atoms with E-state index in [1.807, 2.05) is 6.07 Å². The maximum atomic E-state index is 12.7. The van der Waals surface area contributed by atoms with Crippen LogP contribution in [0.3, 0.4) is 0 Å². The molecule has 1 aliphatic rings. The molecule has 2 aromatic rings. The lowest BCUT2D eigenvalue weighted by Crippen LogP contribution is -2.43. The van der Waals surface area contributed by atoms with Crippen molar-refractivity contribution < 1.29 is 17.9 Å². The van der Waals surface area contributed by atoms with Gasteiger partial charge < -0.3 is 10.1 Å². The summed E-state index contributed by atoms with van der Waals surface area (Å²) in [4.78, 5) is 16.9. The van der Waals surface area contributed by atoms with Crippen LogP contribution < -0.4 is 5.32 Å². The Kier molecular flexibility index (Phi) is 5.59. The van der Waals surface area contributed by atoms with E-state index in [0.717, 1.165) is 0 Å². The average molecular weight is 393 g/mol. The molecule has 1 amide bonds. The van der Waals surface area contributed by atoms with Gasteiger partial charge >= 0.3 is 0 Å². The van der Waals surface area contributed by atoms with Gasteiger partial charge in [-0.3, -0.25) is 4.79 Å². The molecule has 1 N–H and O–H groups in total. The zero-order valence-corrected chi connectivity index (χ0v) is 16.3. The summed E-state index contributed by atoms with van der Waals surface area (Å²) in [5.41, 5.74) is 1.07. The van der Waals surface area contributed by atoms with Crippen molar-refractivity contribution in [3.05, 3.63) is 41.9 Å². The molecular formula is C17H23N5O4S. The lowest BCUT2D eigenvalue weighted by atomic mass is 10.1. The van der Waals surface area contributed by atoms with Crippen LogP contribution in [-0.4, -0.2) is 72.5 Å². The van der Waals surface area contributed by atoms with E-state index in [4.69, 9.17) is 4.74 Å². The predicted molar refractivity (Wildman–Crippen MR) is 99.1 cm³/mol. The van der Waals surface area contributed by atoms with Gasteiger partial charge in [-0.25, -0.2) is 22.4 Å². The molecule has 1 fully saturated rings. The summed E-state index contributed by atoms with van der Waals surface area (Å²) in [6.45, 7) is 2.37. The Morgan fingerprint density at radius 3 is 2.81 bits per heavy atom. The van der Waals surface area contributed by atoms with E-state index in [1.54, 1.807) is 29.9 Å². The third kappa shape index (κ3) is 4.18. The van der Waals surface area contributed by atoms with E-state index in [9.17, 15) is 13.2 Å². The summed E-state index contributed by atoms with van der Waals surface area (Å²) in [6, 6.07) is 5.08. The molecule has 0 aliphatic carbocycles. The third-order valence-corrected chi connectivity index (χ3v) is 6.58. The second-order valence-corrected chi connectivity index (χ2v) is 8.91. The molecular weight excluding hydrogens is 370 g/mol. The van der Waals surface area contributed by atoms with E-state index in [-0.39, 0.29) is 30.2 Å². The predicted octanol–water partition coefficient (Wildman–Crippen LogP) is 0.212. The number of pyridine rings is 1. The minimum Gasteiger partial charge on any atom is -0.379 e. The number of carbonyl (C=O) groups is 1. The number of rotatable bonds is 6. The lowest BCUT2D eigenvalue weighted by Gasteiger charge is -2.21. The largest absolute Gasteiger partial charge is 0.379 e. The summed E-state index contributed by atoms with van der Waals surface area (Å²) < 4.78 is 32.5. The maximum absolute atomic E-state index is 12.7. The molecule has 3 heterocycles. The number of nitrogens with zero attached hydrogens (tertiary/aromatic N) is 4. The highest BCUT2D eigenvalue weighted by molar-refractivity contribution is 7.89. The number of aromatic nitrogens is 3. The van der Waals surface area contributed by atoms with Crippen LogP contribution in [0, 0.1) is 12.8 Å². The van der Waals surface area contributed by atoms with Gasteiger partial charge in [0.15, 0.2) is 5.82 Å². The van der Waals surface area contributed by atoms with Gasteiger partial charge in [0, 0.05) is 26.2 Å². The van der Waals surface area contributed by atoms with Gasteiger partial charge in [0.25, 0.3) is 5.91 Å². The van der Waals surface area contributed by atoms with E-state index >= 15 is 0 Å². The van der Waals surface area contributed by atoms with Crippen LogP contribution in [0.4, 0.5) is 0 Å². The number of hydrogen-bond donors (Lipinski definition) is 1. The first-order valence-corrected chi connectivity index (χ1v) is 10.2. The van der Waals surface area contributed by atoms with Crippen LogP contribution in [0.1, 0.15) is 16.1 Å². The van der Waals surface area contributed by atoms with Crippen LogP contribution in [0.2, 0.25) is 0 Å². The van der Waals surface area contributed by atoms with Gasteiger partial charge in [-0.1, -0.05) is 6.07 Å². The zero-order chi connectivity index (χ0) is 19.6. The Morgan fingerprint density at radius 1 is 1.37 bits per heavy atom. The molecule has 0 radical (unpaired) electrons. The van der Waals surface area contributed by atoms with Crippen molar-refractivity contribution in [3.8, 4) is 5.82 Å². The first-order chi connectivity index (χ1) is 12.8. The number of amides is 1. The fourth-order valence-corrected chi connectivity index (χ4v) is 4.10.